The van der Waals surface area contributed by atoms with Crippen LogP contribution in [0, 0.1) is 22.7 Å². The lowest BCUT2D eigenvalue weighted by atomic mass is 10.00. The largest absolute Gasteiger partial charge is 0.368 e. The number of aromatic nitrogens is 2. The summed E-state index contributed by atoms with van der Waals surface area (Å²) in [6, 6.07) is 20.5. The zero-order valence-electron chi connectivity index (χ0n) is 12.1. The number of hydrogen-bond acceptors (Lipinski definition) is 5. The lowest BCUT2D eigenvalue weighted by Gasteiger charge is -2.10. The van der Waals surface area contributed by atoms with Gasteiger partial charge in [0, 0.05) is 11.1 Å². The second-order valence-electron chi connectivity index (χ2n) is 4.82. The van der Waals surface area contributed by atoms with Crippen molar-refractivity contribution in [2.45, 2.75) is 0 Å². The van der Waals surface area contributed by atoms with Gasteiger partial charge >= 0.3 is 0 Å². The van der Waals surface area contributed by atoms with Crippen molar-refractivity contribution in [2.75, 3.05) is 5.73 Å². The summed E-state index contributed by atoms with van der Waals surface area (Å²) < 4.78 is 0. The Bertz CT molecular complexity index is 949. The number of nitriles is 2. The minimum absolute atomic E-state index is 0.0835. The SMILES string of the molecule is N#Cc1cccc(-c2nc(N)nc(-c3ccccc3)c2C#N)c1. The zero-order chi connectivity index (χ0) is 16.2. The summed E-state index contributed by atoms with van der Waals surface area (Å²) in [7, 11) is 0. The van der Waals surface area contributed by atoms with Crippen LogP contribution in [0.1, 0.15) is 11.1 Å². The van der Waals surface area contributed by atoms with Gasteiger partial charge in [-0.1, -0.05) is 42.5 Å². The van der Waals surface area contributed by atoms with Gasteiger partial charge in [-0.25, -0.2) is 9.97 Å². The molecule has 0 aliphatic carbocycles. The van der Waals surface area contributed by atoms with Gasteiger partial charge < -0.3 is 5.73 Å². The van der Waals surface area contributed by atoms with Crippen molar-refractivity contribution < 1.29 is 0 Å². The molecule has 0 amide bonds. The Morgan fingerprint density at radius 3 is 2.09 bits per heavy atom. The normalized spacial score (nSPS) is 9.83. The Morgan fingerprint density at radius 1 is 0.783 bits per heavy atom. The summed E-state index contributed by atoms with van der Waals surface area (Å²) >= 11 is 0. The van der Waals surface area contributed by atoms with E-state index in [4.69, 9.17) is 11.0 Å². The number of hydrogen-bond donors (Lipinski definition) is 1. The lowest BCUT2D eigenvalue weighted by molar-refractivity contribution is 1.18. The topological polar surface area (TPSA) is 99.4 Å². The maximum absolute atomic E-state index is 9.60. The number of benzene rings is 2. The Kier molecular flexibility index (Phi) is 3.70. The molecule has 0 unspecified atom stereocenters. The molecule has 23 heavy (non-hydrogen) atoms. The fourth-order valence-corrected chi connectivity index (χ4v) is 2.33. The molecule has 0 spiro atoms. The minimum Gasteiger partial charge on any atom is -0.368 e. The van der Waals surface area contributed by atoms with Crippen LogP contribution in [0.3, 0.4) is 0 Å². The molecule has 5 heteroatoms. The predicted molar refractivity (Wildman–Crippen MR) is 86.7 cm³/mol. The standard InChI is InChI=1S/C18H11N5/c19-10-12-5-4-8-14(9-12)17-15(11-20)16(22-18(21)23-17)13-6-2-1-3-7-13/h1-9H,(H2,21,22,23). The molecule has 1 heterocycles. The molecule has 2 N–H and O–H groups in total. The van der Waals surface area contributed by atoms with E-state index in [1.54, 1.807) is 24.3 Å². The molecule has 2 aromatic carbocycles. The first-order valence-electron chi connectivity index (χ1n) is 6.86. The molecule has 1 aromatic heterocycles. The van der Waals surface area contributed by atoms with E-state index in [9.17, 15) is 5.26 Å². The Morgan fingerprint density at radius 2 is 1.43 bits per heavy atom. The van der Waals surface area contributed by atoms with Crippen LogP contribution in [-0.2, 0) is 0 Å². The van der Waals surface area contributed by atoms with Gasteiger partial charge in [0.25, 0.3) is 0 Å². The van der Waals surface area contributed by atoms with E-state index >= 15 is 0 Å². The fraction of sp³-hybridized carbons (Fsp3) is 0. The average molecular weight is 297 g/mol. The summed E-state index contributed by atoms with van der Waals surface area (Å²) in [4.78, 5) is 8.43. The smallest absolute Gasteiger partial charge is 0.221 e. The molecule has 0 aliphatic rings. The van der Waals surface area contributed by atoms with Crippen molar-refractivity contribution in [3.63, 3.8) is 0 Å². The Balaban J connectivity index is 2.28. The van der Waals surface area contributed by atoms with Gasteiger partial charge in [-0.05, 0) is 12.1 Å². The molecular formula is C18H11N5. The van der Waals surface area contributed by atoms with Gasteiger partial charge in [-0.2, -0.15) is 10.5 Å². The van der Waals surface area contributed by atoms with Crippen LogP contribution in [0.5, 0.6) is 0 Å². The van der Waals surface area contributed by atoms with Crippen LogP contribution in [-0.4, -0.2) is 9.97 Å². The van der Waals surface area contributed by atoms with Gasteiger partial charge in [-0.15, -0.1) is 0 Å². The molecule has 3 aromatic rings. The van der Waals surface area contributed by atoms with E-state index < -0.39 is 0 Å². The first kappa shape index (κ1) is 14.2. The van der Waals surface area contributed by atoms with Crippen molar-refractivity contribution in [2.24, 2.45) is 0 Å². The lowest BCUT2D eigenvalue weighted by Crippen LogP contribution is -2.03. The predicted octanol–water partition coefficient (Wildman–Crippen LogP) is 3.14. The van der Waals surface area contributed by atoms with Gasteiger partial charge in [0.15, 0.2) is 0 Å². The molecule has 0 saturated carbocycles. The van der Waals surface area contributed by atoms with E-state index in [0.717, 1.165) is 5.56 Å². The monoisotopic (exact) mass is 297 g/mol. The molecule has 0 saturated heterocycles. The van der Waals surface area contributed by atoms with Crippen LogP contribution >= 0.6 is 0 Å². The summed E-state index contributed by atoms with van der Waals surface area (Å²) in [6.45, 7) is 0. The second kappa shape index (κ2) is 5.97. The first-order chi connectivity index (χ1) is 11.2. The summed E-state index contributed by atoms with van der Waals surface area (Å²) in [5, 5.41) is 18.7. The molecule has 0 radical (unpaired) electrons. The molecule has 3 rings (SSSR count). The fourth-order valence-electron chi connectivity index (χ4n) is 2.33. The third-order valence-electron chi connectivity index (χ3n) is 3.35. The third-order valence-corrected chi connectivity index (χ3v) is 3.35. The number of rotatable bonds is 2. The minimum atomic E-state index is 0.0835. The molecule has 0 bridgehead atoms. The maximum Gasteiger partial charge on any atom is 0.221 e. The summed E-state index contributed by atoms with van der Waals surface area (Å²) in [5.74, 6) is 0.0835. The molecular weight excluding hydrogens is 286 g/mol. The maximum atomic E-state index is 9.60. The van der Waals surface area contributed by atoms with Gasteiger partial charge in [0.2, 0.25) is 5.95 Å². The third kappa shape index (κ3) is 2.72. The van der Waals surface area contributed by atoms with Crippen LogP contribution in [0.4, 0.5) is 5.95 Å². The highest BCUT2D eigenvalue weighted by Crippen LogP contribution is 2.30. The van der Waals surface area contributed by atoms with Crippen LogP contribution < -0.4 is 5.73 Å². The number of nitrogen functional groups attached to an aromatic ring is 1. The van der Waals surface area contributed by atoms with Crippen molar-refractivity contribution in [1.82, 2.24) is 9.97 Å². The van der Waals surface area contributed by atoms with Crippen molar-refractivity contribution in [1.29, 1.82) is 10.5 Å². The Labute approximate surface area is 133 Å². The highest BCUT2D eigenvalue weighted by atomic mass is 15.0. The van der Waals surface area contributed by atoms with E-state index in [0.29, 0.717) is 28.1 Å². The van der Waals surface area contributed by atoms with Crippen LogP contribution in [0.25, 0.3) is 22.5 Å². The second-order valence-corrected chi connectivity index (χ2v) is 4.82. The molecule has 0 atom stereocenters. The van der Waals surface area contributed by atoms with Crippen molar-refractivity contribution in [3.05, 3.63) is 65.7 Å². The summed E-state index contributed by atoms with van der Waals surface area (Å²) in [6.07, 6.45) is 0. The number of nitrogens with two attached hydrogens (primary N) is 1. The average Bonchev–Trinajstić information content (AvgIpc) is 2.61. The highest BCUT2D eigenvalue weighted by molar-refractivity contribution is 5.78. The van der Waals surface area contributed by atoms with Crippen molar-refractivity contribution in [3.8, 4) is 34.7 Å². The molecule has 0 aliphatic heterocycles. The number of nitrogens with zero attached hydrogens (tertiary/aromatic N) is 4. The van der Waals surface area contributed by atoms with Crippen LogP contribution in [0.2, 0.25) is 0 Å². The van der Waals surface area contributed by atoms with E-state index in [1.165, 1.54) is 0 Å². The van der Waals surface area contributed by atoms with Crippen molar-refractivity contribution >= 4 is 5.95 Å². The van der Waals surface area contributed by atoms with E-state index in [2.05, 4.69) is 22.1 Å². The quantitative estimate of drug-likeness (QED) is 0.783. The van der Waals surface area contributed by atoms with Crippen LogP contribution in [0.15, 0.2) is 54.6 Å². The van der Waals surface area contributed by atoms with Gasteiger partial charge in [0.1, 0.15) is 11.6 Å². The van der Waals surface area contributed by atoms with E-state index in [1.807, 2.05) is 30.3 Å². The zero-order valence-corrected chi connectivity index (χ0v) is 12.1. The summed E-state index contributed by atoms with van der Waals surface area (Å²) in [5.41, 5.74) is 9.01. The molecule has 0 fully saturated rings. The Hall–Kier alpha value is -3.70. The highest BCUT2D eigenvalue weighted by Gasteiger charge is 2.16. The first-order valence-corrected chi connectivity index (χ1v) is 6.86. The molecule has 108 valence electrons. The number of anilines is 1. The molecule has 5 nitrogen and oxygen atoms in total. The van der Waals surface area contributed by atoms with Gasteiger partial charge in [-0.3, -0.25) is 0 Å². The van der Waals surface area contributed by atoms with Gasteiger partial charge in [0.05, 0.1) is 23.0 Å². The van der Waals surface area contributed by atoms with E-state index in [-0.39, 0.29) is 5.95 Å².